The first-order chi connectivity index (χ1) is 14.8. The maximum Gasteiger partial charge on any atom is 0.308 e. The van der Waals surface area contributed by atoms with Crippen molar-refractivity contribution < 1.29 is 19.1 Å². The first-order valence-corrected chi connectivity index (χ1v) is 10.5. The zero-order valence-corrected chi connectivity index (χ0v) is 18.5. The Morgan fingerprint density at radius 3 is 1.58 bits per heavy atom. The van der Waals surface area contributed by atoms with Crippen LogP contribution in [-0.2, 0) is 15.0 Å². The fourth-order valence-corrected chi connectivity index (χ4v) is 5.49. The highest BCUT2D eigenvalue weighted by atomic mass is 35.5. The van der Waals surface area contributed by atoms with E-state index in [1.807, 2.05) is 54.6 Å². The van der Waals surface area contributed by atoms with Gasteiger partial charge < -0.3 is 9.47 Å². The van der Waals surface area contributed by atoms with Crippen LogP contribution in [0.2, 0.25) is 0 Å². The van der Waals surface area contributed by atoms with E-state index in [0.717, 1.165) is 5.56 Å². The van der Waals surface area contributed by atoms with Crippen molar-refractivity contribution in [2.45, 2.75) is 29.5 Å². The SMILES string of the molecule is CC(=O)Oc1ccccc1C1(c2ccccc2OC(C)=O)C(c2ccccc2)C1(Cl)Cl. The number of hydrogen-bond acceptors (Lipinski definition) is 4. The smallest absolute Gasteiger partial charge is 0.308 e. The molecule has 4 nitrogen and oxygen atoms in total. The van der Waals surface area contributed by atoms with Crippen LogP contribution in [0.15, 0.2) is 78.9 Å². The number of rotatable bonds is 5. The minimum atomic E-state index is -1.29. The quantitative estimate of drug-likeness (QED) is 0.278. The number of benzene rings is 3. The van der Waals surface area contributed by atoms with Gasteiger partial charge in [0.15, 0.2) is 0 Å². The van der Waals surface area contributed by atoms with E-state index in [1.54, 1.807) is 24.3 Å². The molecule has 31 heavy (non-hydrogen) atoms. The molecule has 1 fully saturated rings. The average molecular weight is 455 g/mol. The standard InChI is InChI=1S/C25H20Cl2O4/c1-16(28)30-21-14-8-6-12-19(21)24(20-13-7-9-15-22(20)31-17(2)29)23(25(24,26)27)18-10-4-3-5-11-18/h3-15,23H,1-2H3. The zero-order valence-electron chi connectivity index (χ0n) is 17.0. The Bertz CT molecular complexity index is 1080. The number of hydrogen-bond donors (Lipinski definition) is 0. The van der Waals surface area contributed by atoms with Crippen molar-refractivity contribution in [2.24, 2.45) is 0 Å². The van der Waals surface area contributed by atoms with E-state index < -0.39 is 21.7 Å². The Morgan fingerprint density at radius 2 is 1.13 bits per heavy atom. The van der Waals surface area contributed by atoms with Crippen LogP contribution in [0.5, 0.6) is 11.5 Å². The van der Waals surface area contributed by atoms with Gasteiger partial charge in [-0.2, -0.15) is 0 Å². The highest BCUT2D eigenvalue weighted by Gasteiger charge is 2.79. The van der Waals surface area contributed by atoms with Crippen molar-refractivity contribution in [1.29, 1.82) is 0 Å². The summed E-state index contributed by atoms with van der Waals surface area (Å²) in [6.45, 7) is 2.68. The Labute approximate surface area is 190 Å². The Kier molecular flexibility index (Phi) is 5.54. The molecule has 4 rings (SSSR count). The van der Waals surface area contributed by atoms with Crippen LogP contribution in [0, 0.1) is 0 Å². The minimum absolute atomic E-state index is 0.358. The monoisotopic (exact) mass is 454 g/mol. The summed E-state index contributed by atoms with van der Waals surface area (Å²) in [5.41, 5.74) is 1.19. The van der Waals surface area contributed by atoms with Gasteiger partial charge in [-0.25, -0.2) is 0 Å². The van der Waals surface area contributed by atoms with Crippen LogP contribution < -0.4 is 9.47 Å². The van der Waals surface area contributed by atoms with E-state index >= 15 is 0 Å². The van der Waals surface area contributed by atoms with Gasteiger partial charge in [0, 0.05) is 30.9 Å². The van der Waals surface area contributed by atoms with Gasteiger partial charge >= 0.3 is 11.9 Å². The molecule has 0 spiro atoms. The number of ether oxygens (including phenoxy) is 2. The molecule has 1 unspecified atom stereocenters. The Morgan fingerprint density at radius 1 is 0.710 bits per heavy atom. The molecule has 0 heterocycles. The molecule has 0 saturated heterocycles. The lowest BCUT2D eigenvalue weighted by atomic mass is 9.83. The number of carbonyl (C=O) groups excluding carboxylic acids is 2. The second-order valence-corrected chi connectivity index (χ2v) is 8.84. The number of esters is 2. The van der Waals surface area contributed by atoms with Gasteiger partial charge in [-0.3, -0.25) is 9.59 Å². The van der Waals surface area contributed by atoms with Gasteiger partial charge in [0.1, 0.15) is 15.8 Å². The number of para-hydroxylation sites is 2. The van der Waals surface area contributed by atoms with Crippen molar-refractivity contribution in [2.75, 3.05) is 0 Å². The lowest BCUT2D eigenvalue weighted by Gasteiger charge is -2.24. The van der Waals surface area contributed by atoms with Crippen LogP contribution >= 0.6 is 23.2 Å². The molecule has 3 aromatic rings. The molecule has 0 aromatic heterocycles. The van der Waals surface area contributed by atoms with Crippen molar-refractivity contribution in [3.05, 3.63) is 95.6 Å². The van der Waals surface area contributed by atoms with Crippen LogP contribution in [0.25, 0.3) is 0 Å². The zero-order chi connectivity index (χ0) is 22.2. The summed E-state index contributed by atoms with van der Waals surface area (Å²) in [6.07, 6.45) is 0. The molecule has 0 radical (unpaired) electrons. The van der Waals surface area contributed by atoms with Crippen LogP contribution in [0.4, 0.5) is 0 Å². The van der Waals surface area contributed by atoms with E-state index in [-0.39, 0.29) is 5.92 Å². The summed E-state index contributed by atoms with van der Waals surface area (Å²) in [6, 6.07) is 24.0. The molecule has 0 aliphatic heterocycles. The van der Waals surface area contributed by atoms with Crippen molar-refractivity contribution >= 4 is 35.1 Å². The van der Waals surface area contributed by atoms with Crippen molar-refractivity contribution in [3.8, 4) is 11.5 Å². The number of halogens is 2. The molecular weight excluding hydrogens is 435 g/mol. The molecular formula is C25H20Cl2O4. The van der Waals surface area contributed by atoms with Gasteiger partial charge in [0.25, 0.3) is 0 Å². The second-order valence-electron chi connectivity index (χ2n) is 7.45. The molecule has 3 aromatic carbocycles. The predicted octanol–water partition coefficient (Wildman–Crippen LogP) is 5.79. The molecule has 158 valence electrons. The van der Waals surface area contributed by atoms with Crippen molar-refractivity contribution in [1.82, 2.24) is 0 Å². The Hall–Kier alpha value is -2.82. The third-order valence-corrected chi connectivity index (χ3v) is 6.53. The van der Waals surface area contributed by atoms with E-state index in [1.165, 1.54) is 13.8 Å². The minimum Gasteiger partial charge on any atom is -0.426 e. The lowest BCUT2D eigenvalue weighted by molar-refractivity contribution is -0.132. The number of carbonyl (C=O) groups is 2. The molecule has 1 atom stereocenters. The summed E-state index contributed by atoms with van der Waals surface area (Å²) in [4.78, 5) is 23.6. The van der Waals surface area contributed by atoms with Crippen LogP contribution in [0.1, 0.15) is 36.5 Å². The molecule has 1 saturated carbocycles. The largest absolute Gasteiger partial charge is 0.426 e. The topological polar surface area (TPSA) is 52.6 Å². The molecule has 0 bridgehead atoms. The molecule has 0 amide bonds. The first kappa shape index (κ1) is 21.4. The fourth-order valence-electron chi connectivity index (χ4n) is 4.40. The maximum atomic E-state index is 11.8. The molecule has 1 aliphatic rings. The van der Waals surface area contributed by atoms with E-state index in [9.17, 15) is 9.59 Å². The van der Waals surface area contributed by atoms with Gasteiger partial charge in [-0.1, -0.05) is 89.9 Å². The van der Waals surface area contributed by atoms with Gasteiger partial charge in [-0.05, 0) is 17.7 Å². The third-order valence-electron chi connectivity index (χ3n) is 5.50. The summed E-state index contributed by atoms with van der Waals surface area (Å²) in [5, 5.41) is 0. The highest BCUT2D eigenvalue weighted by molar-refractivity contribution is 6.53. The summed E-state index contributed by atoms with van der Waals surface area (Å²) >= 11 is 14.1. The predicted molar refractivity (Wildman–Crippen MR) is 120 cm³/mol. The normalized spacial score (nSPS) is 18.1. The lowest BCUT2D eigenvalue weighted by Crippen LogP contribution is -2.21. The summed E-state index contributed by atoms with van der Waals surface area (Å²) in [5.74, 6) is -0.573. The first-order valence-electron chi connectivity index (χ1n) is 9.78. The average Bonchev–Trinajstić information content (AvgIpc) is 3.25. The summed E-state index contributed by atoms with van der Waals surface area (Å²) in [7, 11) is 0. The highest BCUT2D eigenvalue weighted by Crippen LogP contribution is 2.78. The Balaban J connectivity index is 2.02. The van der Waals surface area contributed by atoms with Gasteiger partial charge in [0.05, 0.1) is 5.41 Å². The molecule has 6 heteroatoms. The fraction of sp³-hybridized carbons (Fsp3) is 0.200. The van der Waals surface area contributed by atoms with Gasteiger partial charge in [-0.15, -0.1) is 0 Å². The van der Waals surface area contributed by atoms with E-state index in [0.29, 0.717) is 22.6 Å². The van der Waals surface area contributed by atoms with Crippen molar-refractivity contribution in [3.63, 3.8) is 0 Å². The van der Waals surface area contributed by atoms with Crippen LogP contribution in [0.3, 0.4) is 0 Å². The maximum absolute atomic E-state index is 11.8. The van der Waals surface area contributed by atoms with Crippen LogP contribution in [-0.4, -0.2) is 16.3 Å². The third kappa shape index (κ3) is 3.50. The molecule has 0 N–H and O–H groups in total. The van der Waals surface area contributed by atoms with Gasteiger partial charge in [0.2, 0.25) is 0 Å². The van der Waals surface area contributed by atoms with E-state index in [4.69, 9.17) is 32.7 Å². The van der Waals surface area contributed by atoms with E-state index in [2.05, 4.69) is 0 Å². The molecule has 1 aliphatic carbocycles. The number of alkyl halides is 2. The second kappa shape index (κ2) is 8.03. The summed E-state index contributed by atoms with van der Waals surface area (Å²) < 4.78 is 9.76.